The van der Waals surface area contributed by atoms with Gasteiger partial charge >= 0.3 is 0 Å². The average molecular weight is 283 g/mol. The second kappa shape index (κ2) is 5.75. The van der Waals surface area contributed by atoms with Gasteiger partial charge in [0.15, 0.2) is 11.5 Å². The van der Waals surface area contributed by atoms with Gasteiger partial charge in [-0.25, -0.2) is 14.4 Å². The molecule has 1 aromatic carbocycles. The quantitative estimate of drug-likeness (QED) is 0.841. The van der Waals surface area contributed by atoms with E-state index in [1.165, 1.54) is 18.3 Å². The lowest BCUT2D eigenvalue weighted by Gasteiger charge is -2.36. The fourth-order valence-corrected chi connectivity index (χ4v) is 2.47. The van der Waals surface area contributed by atoms with E-state index in [0.29, 0.717) is 11.5 Å². The van der Waals surface area contributed by atoms with Crippen molar-refractivity contribution in [2.24, 2.45) is 0 Å². The molecule has 0 unspecified atom stereocenters. The smallest absolute Gasteiger partial charge is 0.183 e. The van der Waals surface area contributed by atoms with Crippen molar-refractivity contribution in [2.75, 3.05) is 36.0 Å². The van der Waals surface area contributed by atoms with E-state index in [-0.39, 0.29) is 5.82 Å². The van der Waals surface area contributed by atoms with Crippen molar-refractivity contribution < 1.29 is 4.39 Å². The number of benzene rings is 1. The third kappa shape index (κ3) is 2.77. The largest absolute Gasteiger partial charge is 0.368 e. The Hall–Kier alpha value is -2.68. The summed E-state index contributed by atoms with van der Waals surface area (Å²) in [6, 6.07) is 8.58. The van der Waals surface area contributed by atoms with Crippen LogP contribution in [0.5, 0.6) is 0 Å². The summed E-state index contributed by atoms with van der Waals surface area (Å²) >= 11 is 0. The summed E-state index contributed by atoms with van der Waals surface area (Å²) in [7, 11) is 0. The third-order valence-electron chi connectivity index (χ3n) is 3.56. The molecule has 1 aliphatic rings. The van der Waals surface area contributed by atoms with Crippen molar-refractivity contribution in [3.63, 3.8) is 0 Å². The number of anilines is 2. The first kappa shape index (κ1) is 13.3. The van der Waals surface area contributed by atoms with Gasteiger partial charge in [-0.15, -0.1) is 0 Å². The molecule has 0 amide bonds. The van der Waals surface area contributed by atoms with E-state index in [2.05, 4.69) is 25.8 Å². The third-order valence-corrected chi connectivity index (χ3v) is 3.56. The summed E-state index contributed by atoms with van der Waals surface area (Å²) in [6.07, 6.45) is 3.12. The second-order valence-electron chi connectivity index (χ2n) is 4.79. The van der Waals surface area contributed by atoms with E-state index < -0.39 is 0 Å². The molecule has 21 heavy (non-hydrogen) atoms. The van der Waals surface area contributed by atoms with Crippen molar-refractivity contribution in [1.82, 2.24) is 9.97 Å². The van der Waals surface area contributed by atoms with Gasteiger partial charge in [-0.05, 0) is 24.3 Å². The first-order valence-corrected chi connectivity index (χ1v) is 6.74. The van der Waals surface area contributed by atoms with Crippen LogP contribution in [0.2, 0.25) is 0 Å². The monoisotopic (exact) mass is 283 g/mol. The minimum Gasteiger partial charge on any atom is -0.368 e. The topological polar surface area (TPSA) is 56.1 Å². The summed E-state index contributed by atoms with van der Waals surface area (Å²) in [5.74, 6) is 0.411. The zero-order valence-corrected chi connectivity index (χ0v) is 11.4. The van der Waals surface area contributed by atoms with Crippen molar-refractivity contribution >= 4 is 11.5 Å². The highest BCUT2D eigenvalue weighted by molar-refractivity contribution is 5.53. The van der Waals surface area contributed by atoms with Crippen LogP contribution in [-0.2, 0) is 0 Å². The summed E-state index contributed by atoms with van der Waals surface area (Å²) in [5.41, 5.74) is 1.36. The lowest BCUT2D eigenvalue weighted by atomic mass is 10.2. The number of hydrogen-bond acceptors (Lipinski definition) is 5. The Morgan fingerprint density at radius 3 is 2.24 bits per heavy atom. The summed E-state index contributed by atoms with van der Waals surface area (Å²) in [6.45, 7) is 3.11. The average Bonchev–Trinajstić information content (AvgIpc) is 2.56. The first-order valence-electron chi connectivity index (χ1n) is 6.74. The molecule has 0 radical (unpaired) electrons. The predicted octanol–water partition coefficient (Wildman–Crippen LogP) is 1.81. The predicted molar refractivity (Wildman–Crippen MR) is 77.6 cm³/mol. The van der Waals surface area contributed by atoms with Crippen LogP contribution in [0.25, 0.3) is 0 Å². The number of nitriles is 1. The molecule has 0 atom stereocenters. The summed E-state index contributed by atoms with van der Waals surface area (Å²) in [5, 5.41) is 9.08. The minimum absolute atomic E-state index is 0.226. The molecule has 1 aliphatic heterocycles. The van der Waals surface area contributed by atoms with Gasteiger partial charge in [0, 0.05) is 44.3 Å². The van der Waals surface area contributed by atoms with E-state index in [4.69, 9.17) is 5.26 Å². The van der Waals surface area contributed by atoms with E-state index in [0.717, 1.165) is 31.9 Å². The molecule has 2 aromatic rings. The maximum absolute atomic E-state index is 12.9. The molecule has 0 saturated carbocycles. The normalized spacial score (nSPS) is 14.9. The van der Waals surface area contributed by atoms with E-state index in [9.17, 15) is 4.39 Å². The fourth-order valence-electron chi connectivity index (χ4n) is 2.47. The highest BCUT2D eigenvalue weighted by Gasteiger charge is 2.20. The maximum Gasteiger partial charge on any atom is 0.183 e. The van der Waals surface area contributed by atoms with Crippen LogP contribution in [0, 0.1) is 17.1 Å². The molecule has 1 saturated heterocycles. The lowest BCUT2D eigenvalue weighted by Crippen LogP contribution is -2.47. The van der Waals surface area contributed by atoms with Gasteiger partial charge in [-0.1, -0.05) is 0 Å². The molecule has 3 rings (SSSR count). The molecule has 0 spiro atoms. The van der Waals surface area contributed by atoms with E-state index in [1.54, 1.807) is 18.3 Å². The highest BCUT2D eigenvalue weighted by atomic mass is 19.1. The van der Waals surface area contributed by atoms with Crippen LogP contribution in [0.15, 0.2) is 36.7 Å². The van der Waals surface area contributed by atoms with Crippen LogP contribution in [-0.4, -0.2) is 36.1 Å². The Morgan fingerprint density at radius 2 is 1.57 bits per heavy atom. The molecule has 106 valence electrons. The van der Waals surface area contributed by atoms with Gasteiger partial charge in [0.1, 0.15) is 11.9 Å². The molecule has 0 N–H and O–H groups in total. The van der Waals surface area contributed by atoms with E-state index >= 15 is 0 Å². The van der Waals surface area contributed by atoms with Crippen LogP contribution < -0.4 is 9.80 Å². The fraction of sp³-hybridized carbons (Fsp3) is 0.267. The standard InChI is InChI=1S/C15H14FN5/c16-12-1-3-13(4-2-12)20-7-9-21(10-8-20)15-14(11-17)18-5-6-19-15/h1-6H,7-10H2. The number of aromatic nitrogens is 2. The Labute approximate surface area is 122 Å². The molecule has 6 heteroatoms. The van der Waals surface area contributed by atoms with Gasteiger partial charge in [0.05, 0.1) is 0 Å². The van der Waals surface area contributed by atoms with Crippen molar-refractivity contribution in [2.45, 2.75) is 0 Å². The number of nitrogens with zero attached hydrogens (tertiary/aromatic N) is 5. The van der Waals surface area contributed by atoms with Crippen LogP contribution in [0.1, 0.15) is 5.69 Å². The van der Waals surface area contributed by atoms with Gasteiger partial charge in [0.25, 0.3) is 0 Å². The minimum atomic E-state index is -0.226. The second-order valence-corrected chi connectivity index (χ2v) is 4.79. The van der Waals surface area contributed by atoms with E-state index in [1.807, 2.05) is 0 Å². The van der Waals surface area contributed by atoms with Gasteiger partial charge < -0.3 is 9.80 Å². The number of hydrogen-bond donors (Lipinski definition) is 0. The number of rotatable bonds is 2. The highest BCUT2D eigenvalue weighted by Crippen LogP contribution is 2.20. The number of halogens is 1. The Kier molecular flexibility index (Phi) is 3.65. The molecule has 0 bridgehead atoms. The Balaban J connectivity index is 1.70. The molecule has 0 aliphatic carbocycles. The van der Waals surface area contributed by atoms with Crippen molar-refractivity contribution in [3.05, 3.63) is 48.2 Å². The summed E-state index contributed by atoms with van der Waals surface area (Å²) in [4.78, 5) is 12.5. The molecular formula is C15H14FN5. The maximum atomic E-state index is 12.9. The number of piperazine rings is 1. The van der Waals surface area contributed by atoms with Crippen LogP contribution in [0.3, 0.4) is 0 Å². The van der Waals surface area contributed by atoms with Crippen LogP contribution in [0.4, 0.5) is 15.9 Å². The van der Waals surface area contributed by atoms with Gasteiger partial charge in [0.2, 0.25) is 0 Å². The zero-order valence-electron chi connectivity index (χ0n) is 11.4. The first-order chi connectivity index (χ1) is 10.3. The van der Waals surface area contributed by atoms with Crippen LogP contribution >= 0.6 is 0 Å². The Morgan fingerprint density at radius 1 is 0.952 bits per heavy atom. The molecule has 1 fully saturated rings. The molecule has 5 nitrogen and oxygen atoms in total. The summed E-state index contributed by atoms with van der Waals surface area (Å²) < 4.78 is 12.9. The van der Waals surface area contributed by atoms with Crippen molar-refractivity contribution in [1.29, 1.82) is 5.26 Å². The molecular weight excluding hydrogens is 269 g/mol. The molecule has 2 heterocycles. The SMILES string of the molecule is N#Cc1nccnc1N1CCN(c2ccc(F)cc2)CC1. The lowest BCUT2D eigenvalue weighted by molar-refractivity contribution is 0.624. The Bertz CT molecular complexity index is 657. The van der Waals surface area contributed by atoms with Gasteiger partial charge in [-0.3, -0.25) is 0 Å². The molecule has 1 aromatic heterocycles. The zero-order chi connectivity index (χ0) is 14.7. The van der Waals surface area contributed by atoms with Gasteiger partial charge in [-0.2, -0.15) is 5.26 Å². The van der Waals surface area contributed by atoms with Crippen molar-refractivity contribution in [3.8, 4) is 6.07 Å².